The summed E-state index contributed by atoms with van der Waals surface area (Å²) in [6, 6.07) is 1.24. The maximum atomic E-state index is 12.4. The highest BCUT2D eigenvalue weighted by Gasteiger charge is 2.58. The first-order valence-electron chi connectivity index (χ1n) is 8.41. The summed E-state index contributed by atoms with van der Waals surface area (Å²) in [6.07, 6.45) is 2.18. The van der Waals surface area contributed by atoms with Gasteiger partial charge >= 0.3 is 12.0 Å². The summed E-state index contributed by atoms with van der Waals surface area (Å²) in [5.41, 5.74) is 0.969. The van der Waals surface area contributed by atoms with Crippen LogP contribution in [0, 0.1) is 12.3 Å². The van der Waals surface area contributed by atoms with E-state index in [4.69, 9.17) is 9.47 Å². The molecule has 7 heteroatoms. The standard InChI is InChI=1S/C18H27N3O4/c1-7-25-15(22)12-8-13(11(2)19-10-12)20-16(23)21-14-9-18(5,24-6)17(14,3)4/h8,10,14H,7,9H2,1-6H3,(H2,20,21,23)/t14-,18+/m0/s1. The lowest BCUT2D eigenvalue weighted by Gasteiger charge is -2.59. The fourth-order valence-electron chi connectivity index (χ4n) is 3.03. The van der Waals surface area contributed by atoms with Crippen LogP contribution in [0.15, 0.2) is 12.3 Å². The number of carbonyl (C=O) groups is 2. The number of aryl methyl sites for hydroxylation is 1. The van der Waals surface area contributed by atoms with E-state index in [0.717, 1.165) is 6.42 Å². The normalized spacial score (nSPS) is 24.2. The number of nitrogens with zero attached hydrogens (tertiary/aromatic N) is 1. The number of anilines is 1. The Balaban J connectivity index is 2.04. The van der Waals surface area contributed by atoms with E-state index in [2.05, 4.69) is 29.5 Å². The molecule has 0 saturated heterocycles. The molecule has 1 saturated carbocycles. The Hall–Kier alpha value is -2.15. The van der Waals surface area contributed by atoms with Gasteiger partial charge in [-0.2, -0.15) is 0 Å². The summed E-state index contributed by atoms with van der Waals surface area (Å²) in [5.74, 6) is -0.463. The van der Waals surface area contributed by atoms with Crippen molar-refractivity contribution in [3.8, 4) is 0 Å². The van der Waals surface area contributed by atoms with Crippen LogP contribution >= 0.6 is 0 Å². The van der Waals surface area contributed by atoms with Gasteiger partial charge in [0.05, 0.1) is 29.2 Å². The maximum Gasteiger partial charge on any atom is 0.339 e. The van der Waals surface area contributed by atoms with Gasteiger partial charge in [0, 0.05) is 24.8 Å². The fourth-order valence-corrected chi connectivity index (χ4v) is 3.03. The summed E-state index contributed by atoms with van der Waals surface area (Å²) in [5, 5.41) is 5.74. The van der Waals surface area contributed by atoms with Crippen LogP contribution in [0.5, 0.6) is 0 Å². The summed E-state index contributed by atoms with van der Waals surface area (Å²) < 4.78 is 10.5. The monoisotopic (exact) mass is 349 g/mol. The van der Waals surface area contributed by atoms with Crippen LogP contribution in [0.1, 0.15) is 50.2 Å². The van der Waals surface area contributed by atoms with E-state index < -0.39 is 5.97 Å². The SMILES string of the molecule is CCOC(=O)c1cnc(C)c(NC(=O)N[C@H]2C[C@@](C)(OC)C2(C)C)c1. The Bertz CT molecular complexity index is 674. The molecular formula is C18H27N3O4. The van der Waals surface area contributed by atoms with Gasteiger partial charge in [0.1, 0.15) is 0 Å². The third-order valence-corrected chi connectivity index (χ3v) is 5.43. The van der Waals surface area contributed by atoms with Gasteiger partial charge in [0.25, 0.3) is 0 Å². The number of nitrogens with one attached hydrogen (secondary N) is 2. The number of pyridine rings is 1. The number of esters is 1. The zero-order chi connectivity index (χ0) is 18.8. The van der Waals surface area contributed by atoms with Crippen LogP contribution in [-0.4, -0.2) is 42.3 Å². The summed E-state index contributed by atoms with van der Waals surface area (Å²) >= 11 is 0. The van der Waals surface area contributed by atoms with Crippen molar-refractivity contribution in [3.05, 3.63) is 23.5 Å². The third-order valence-electron chi connectivity index (χ3n) is 5.43. The molecule has 2 atom stereocenters. The van der Waals surface area contributed by atoms with Crippen LogP contribution in [0.2, 0.25) is 0 Å². The summed E-state index contributed by atoms with van der Waals surface area (Å²) in [7, 11) is 1.69. The van der Waals surface area contributed by atoms with Gasteiger partial charge in [-0.05, 0) is 33.3 Å². The van der Waals surface area contributed by atoms with Gasteiger partial charge in [-0.15, -0.1) is 0 Å². The molecule has 1 fully saturated rings. The van der Waals surface area contributed by atoms with Crippen molar-refractivity contribution in [1.29, 1.82) is 0 Å². The number of ether oxygens (including phenoxy) is 2. The average molecular weight is 349 g/mol. The second kappa shape index (κ2) is 7.00. The Morgan fingerprint density at radius 1 is 1.36 bits per heavy atom. The molecular weight excluding hydrogens is 322 g/mol. The van der Waals surface area contributed by atoms with Crippen molar-refractivity contribution in [2.24, 2.45) is 5.41 Å². The van der Waals surface area contributed by atoms with Gasteiger partial charge in [0.15, 0.2) is 0 Å². The van der Waals surface area contributed by atoms with Crippen molar-refractivity contribution in [2.45, 2.75) is 52.7 Å². The molecule has 1 aliphatic carbocycles. The Kier molecular flexibility index (Phi) is 5.37. The molecule has 138 valence electrons. The number of urea groups is 1. The topological polar surface area (TPSA) is 89.5 Å². The predicted molar refractivity (Wildman–Crippen MR) is 94.7 cm³/mol. The molecule has 2 amide bonds. The minimum atomic E-state index is -0.463. The molecule has 2 N–H and O–H groups in total. The highest BCUT2D eigenvalue weighted by atomic mass is 16.5. The second-order valence-electron chi connectivity index (χ2n) is 7.09. The molecule has 7 nitrogen and oxygen atoms in total. The van der Waals surface area contributed by atoms with E-state index >= 15 is 0 Å². The van der Waals surface area contributed by atoms with Gasteiger partial charge in [0.2, 0.25) is 0 Å². The molecule has 1 aromatic heterocycles. The first kappa shape index (κ1) is 19.2. The number of methoxy groups -OCH3 is 1. The van der Waals surface area contributed by atoms with Crippen LogP contribution in [0.3, 0.4) is 0 Å². The third kappa shape index (κ3) is 3.61. The highest BCUT2D eigenvalue weighted by Crippen LogP contribution is 2.51. The molecule has 0 unspecified atom stereocenters. The lowest BCUT2D eigenvalue weighted by atomic mass is 9.56. The van der Waals surface area contributed by atoms with Gasteiger partial charge in [-0.25, -0.2) is 9.59 Å². The minimum absolute atomic E-state index is 0.000968. The summed E-state index contributed by atoms with van der Waals surface area (Å²) in [4.78, 5) is 28.3. The highest BCUT2D eigenvalue weighted by molar-refractivity contribution is 5.94. The first-order valence-corrected chi connectivity index (χ1v) is 8.41. The van der Waals surface area contributed by atoms with Gasteiger partial charge in [-0.1, -0.05) is 13.8 Å². The van der Waals surface area contributed by atoms with Crippen molar-refractivity contribution >= 4 is 17.7 Å². The van der Waals surface area contributed by atoms with E-state index in [1.807, 2.05) is 6.92 Å². The van der Waals surface area contributed by atoms with Crippen LogP contribution in [0.25, 0.3) is 0 Å². The van der Waals surface area contributed by atoms with Crippen LogP contribution < -0.4 is 10.6 Å². The molecule has 0 spiro atoms. The van der Waals surface area contributed by atoms with Crippen LogP contribution in [0.4, 0.5) is 10.5 Å². The van der Waals surface area contributed by atoms with Crippen molar-refractivity contribution < 1.29 is 19.1 Å². The fraction of sp³-hybridized carbons (Fsp3) is 0.611. The Labute approximate surface area is 148 Å². The number of rotatable bonds is 5. The molecule has 25 heavy (non-hydrogen) atoms. The predicted octanol–water partition coefficient (Wildman–Crippen LogP) is 2.89. The molecule has 0 radical (unpaired) electrons. The van der Waals surface area contributed by atoms with E-state index in [0.29, 0.717) is 16.9 Å². The van der Waals surface area contributed by atoms with Crippen LogP contribution in [-0.2, 0) is 9.47 Å². The number of aromatic nitrogens is 1. The largest absolute Gasteiger partial charge is 0.462 e. The van der Waals surface area contributed by atoms with Crippen molar-refractivity contribution in [2.75, 3.05) is 19.0 Å². The summed E-state index contributed by atoms with van der Waals surface area (Å²) in [6.45, 7) is 9.96. The molecule has 0 aliphatic heterocycles. The quantitative estimate of drug-likeness (QED) is 0.798. The second-order valence-corrected chi connectivity index (χ2v) is 7.09. The smallest absolute Gasteiger partial charge is 0.339 e. The molecule has 1 aliphatic rings. The minimum Gasteiger partial charge on any atom is -0.462 e. The van der Waals surface area contributed by atoms with E-state index in [1.165, 1.54) is 6.20 Å². The van der Waals surface area contributed by atoms with E-state index in [-0.39, 0.29) is 29.7 Å². The first-order chi connectivity index (χ1) is 11.6. The number of carbonyl (C=O) groups excluding carboxylic acids is 2. The number of hydrogen-bond acceptors (Lipinski definition) is 5. The van der Waals surface area contributed by atoms with Gasteiger partial charge in [-0.3, -0.25) is 4.98 Å². The lowest BCUT2D eigenvalue weighted by molar-refractivity contribution is -0.177. The van der Waals surface area contributed by atoms with E-state index in [1.54, 1.807) is 27.0 Å². The molecule has 1 heterocycles. The van der Waals surface area contributed by atoms with Crippen molar-refractivity contribution in [3.63, 3.8) is 0 Å². The molecule has 0 aromatic carbocycles. The maximum absolute atomic E-state index is 12.4. The Morgan fingerprint density at radius 2 is 2.04 bits per heavy atom. The Morgan fingerprint density at radius 3 is 2.60 bits per heavy atom. The van der Waals surface area contributed by atoms with Crippen molar-refractivity contribution in [1.82, 2.24) is 10.3 Å². The zero-order valence-corrected chi connectivity index (χ0v) is 15.7. The molecule has 0 bridgehead atoms. The lowest BCUT2D eigenvalue weighted by Crippen LogP contribution is -2.68. The molecule has 2 rings (SSSR count). The number of hydrogen-bond donors (Lipinski definition) is 2. The van der Waals surface area contributed by atoms with Gasteiger partial charge < -0.3 is 20.1 Å². The molecule has 1 aromatic rings. The number of amides is 2. The van der Waals surface area contributed by atoms with E-state index in [9.17, 15) is 9.59 Å². The average Bonchev–Trinajstić information content (AvgIpc) is 2.56. The zero-order valence-electron chi connectivity index (χ0n) is 15.7.